The lowest BCUT2D eigenvalue weighted by Gasteiger charge is -2.34. The van der Waals surface area contributed by atoms with Crippen LogP contribution in [-0.2, 0) is 9.53 Å². The van der Waals surface area contributed by atoms with Gasteiger partial charge in [0, 0.05) is 18.8 Å². The van der Waals surface area contributed by atoms with Crippen LogP contribution in [0, 0.1) is 0 Å². The molecule has 76 valence electrons. The van der Waals surface area contributed by atoms with Crippen molar-refractivity contribution < 1.29 is 9.53 Å². The van der Waals surface area contributed by atoms with Crippen molar-refractivity contribution in [1.82, 2.24) is 5.32 Å². The SMILES string of the molecule is CC(Br)C(=O)NC1(C)CCOCC1. The summed E-state index contributed by atoms with van der Waals surface area (Å²) in [6, 6.07) is 0. The predicted molar refractivity (Wildman–Crippen MR) is 55.0 cm³/mol. The summed E-state index contributed by atoms with van der Waals surface area (Å²) in [5.41, 5.74) is -0.0721. The number of hydrogen-bond acceptors (Lipinski definition) is 2. The lowest BCUT2D eigenvalue weighted by atomic mass is 9.92. The summed E-state index contributed by atoms with van der Waals surface area (Å²) in [5, 5.41) is 3.03. The lowest BCUT2D eigenvalue weighted by molar-refractivity contribution is -0.123. The normalized spacial score (nSPS) is 23.6. The Kier molecular flexibility index (Phi) is 3.74. The van der Waals surface area contributed by atoms with Crippen molar-refractivity contribution in [2.45, 2.75) is 37.1 Å². The van der Waals surface area contributed by atoms with Gasteiger partial charge >= 0.3 is 0 Å². The number of nitrogens with one attached hydrogen (secondary N) is 1. The van der Waals surface area contributed by atoms with Gasteiger partial charge < -0.3 is 10.1 Å². The van der Waals surface area contributed by atoms with Gasteiger partial charge in [-0.1, -0.05) is 15.9 Å². The monoisotopic (exact) mass is 249 g/mol. The second kappa shape index (κ2) is 4.42. The third-order valence-corrected chi connectivity index (χ3v) is 2.80. The van der Waals surface area contributed by atoms with Gasteiger partial charge in [0.1, 0.15) is 0 Å². The quantitative estimate of drug-likeness (QED) is 0.753. The molecule has 0 bridgehead atoms. The maximum atomic E-state index is 11.4. The fraction of sp³-hybridized carbons (Fsp3) is 0.889. The number of carbonyl (C=O) groups is 1. The average molecular weight is 250 g/mol. The minimum absolute atomic E-state index is 0.0596. The third-order valence-electron chi connectivity index (χ3n) is 2.38. The highest BCUT2D eigenvalue weighted by molar-refractivity contribution is 9.10. The molecule has 4 heteroatoms. The van der Waals surface area contributed by atoms with E-state index in [9.17, 15) is 4.79 Å². The van der Waals surface area contributed by atoms with E-state index in [1.54, 1.807) is 0 Å². The Balaban J connectivity index is 2.45. The van der Waals surface area contributed by atoms with Crippen molar-refractivity contribution in [3.8, 4) is 0 Å². The van der Waals surface area contributed by atoms with E-state index in [4.69, 9.17) is 4.74 Å². The molecular formula is C9H16BrNO2. The van der Waals surface area contributed by atoms with Crippen LogP contribution in [0.3, 0.4) is 0 Å². The van der Waals surface area contributed by atoms with Gasteiger partial charge in [-0.15, -0.1) is 0 Å². The highest BCUT2D eigenvalue weighted by Crippen LogP contribution is 2.20. The van der Waals surface area contributed by atoms with E-state index in [1.807, 2.05) is 6.92 Å². The van der Waals surface area contributed by atoms with Gasteiger partial charge in [0.05, 0.1) is 4.83 Å². The molecule has 3 nitrogen and oxygen atoms in total. The maximum Gasteiger partial charge on any atom is 0.233 e. The number of hydrogen-bond donors (Lipinski definition) is 1. The molecule has 0 aromatic heterocycles. The number of rotatable bonds is 2. The lowest BCUT2D eigenvalue weighted by Crippen LogP contribution is -2.51. The second-order valence-corrected chi connectivity index (χ2v) is 5.15. The molecule has 0 saturated carbocycles. The molecule has 1 rings (SSSR count). The van der Waals surface area contributed by atoms with Gasteiger partial charge in [0.2, 0.25) is 5.91 Å². The maximum absolute atomic E-state index is 11.4. The van der Waals surface area contributed by atoms with Crippen molar-refractivity contribution in [1.29, 1.82) is 0 Å². The Morgan fingerprint density at radius 3 is 2.54 bits per heavy atom. The Bertz CT molecular complexity index is 188. The molecule has 1 unspecified atom stereocenters. The molecule has 0 aromatic rings. The molecule has 1 saturated heterocycles. The molecular weight excluding hydrogens is 234 g/mol. The molecule has 0 aliphatic carbocycles. The van der Waals surface area contributed by atoms with Crippen LogP contribution in [0.4, 0.5) is 0 Å². The summed E-state index contributed by atoms with van der Waals surface area (Å²) < 4.78 is 5.24. The first-order chi connectivity index (χ1) is 6.03. The van der Waals surface area contributed by atoms with Crippen molar-refractivity contribution >= 4 is 21.8 Å². The van der Waals surface area contributed by atoms with E-state index in [0.717, 1.165) is 26.1 Å². The van der Waals surface area contributed by atoms with Gasteiger partial charge in [-0.05, 0) is 26.7 Å². The zero-order valence-corrected chi connectivity index (χ0v) is 9.69. The van der Waals surface area contributed by atoms with Crippen molar-refractivity contribution in [2.75, 3.05) is 13.2 Å². The number of amides is 1. The van der Waals surface area contributed by atoms with E-state index in [0.29, 0.717) is 0 Å². The summed E-state index contributed by atoms with van der Waals surface area (Å²) in [5.74, 6) is 0.0596. The van der Waals surface area contributed by atoms with Gasteiger partial charge in [-0.3, -0.25) is 4.79 Å². The van der Waals surface area contributed by atoms with Gasteiger partial charge in [-0.25, -0.2) is 0 Å². The van der Waals surface area contributed by atoms with Crippen LogP contribution in [0.2, 0.25) is 0 Å². The number of halogens is 1. The molecule has 13 heavy (non-hydrogen) atoms. The van der Waals surface area contributed by atoms with Crippen LogP contribution in [0.25, 0.3) is 0 Å². The van der Waals surface area contributed by atoms with Crippen molar-refractivity contribution in [3.63, 3.8) is 0 Å². The fourth-order valence-corrected chi connectivity index (χ4v) is 1.46. The van der Waals surface area contributed by atoms with Gasteiger partial charge in [0.15, 0.2) is 0 Å². The Morgan fingerprint density at radius 2 is 2.08 bits per heavy atom. The minimum atomic E-state index is -0.118. The molecule has 1 amide bonds. The van der Waals surface area contributed by atoms with E-state index in [-0.39, 0.29) is 16.3 Å². The molecule has 0 spiro atoms. The second-order valence-electron chi connectivity index (χ2n) is 3.78. The number of ether oxygens (including phenoxy) is 1. The molecule has 1 aliphatic rings. The van der Waals surface area contributed by atoms with Crippen LogP contribution in [-0.4, -0.2) is 29.5 Å². The molecule has 1 fully saturated rings. The molecule has 0 aromatic carbocycles. The standard InChI is InChI=1S/C9H16BrNO2/c1-7(10)8(12)11-9(2)3-5-13-6-4-9/h7H,3-6H2,1-2H3,(H,11,12). The summed E-state index contributed by atoms with van der Waals surface area (Å²) in [4.78, 5) is 11.3. The largest absolute Gasteiger partial charge is 0.381 e. The number of carbonyl (C=O) groups excluding carboxylic acids is 1. The minimum Gasteiger partial charge on any atom is -0.381 e. The Hall–Kier alpha value is -0.0900. The van der Waals surface area contributed by atoms with Crippen LogP contribution in [0.1, 0.15) is 26.7 Å². The Morgan fingerprint density at radius 1 is 1.54 bits per heavy atom. The van der Waals surface area contributed by atoms with Crippen LogP contribution in [0.5, 0.6) is 0 Å². The summed E-state index contributed by atoms with van der Waals surface area (Å²) in [6.45, 7) is 5.39. The first-order valence-electron chi connectivity index (χ1n) is 4.57. The highest BCUT2D eigenvalue weighted by Gasteiger charge is 2.29. The predicted octanol–water partition coefficient (Wildman–Crippen LogP) is 1.46. The van der Waals surface area contributed by atoms with Crippen LogP contribution in [0.15, 0.2) is 0 Å². The van der Waals surface area contributed by atoms with Gasteiger partial charge in [0.25, 0.3) is 0 Å². The Labute approximate surface area is 87.3 Å². The van der Waals surface area contributed by atoms with Crippen LogP contribution >= 0.6 is 15.9 Å². The van der Waals surface area contributed by atoms with E-state index in [1.165, 1.54) is 0 Å². The van der Waals surface area contributed by atoms with Gasteiger partial charge in [-0.2, -0.15) is 0 Å². The molecule has 1 aliphatic heterocycles. The number of alkyl halides is 1. The summed E-state index contributed by atoms with van der Waals surface area (Å²) in [6.07, 6.45) is 1.80. The summed E-state index contributed by atoms with van der Waals surface area (Å²) in [7, 11) is 0. The zero-order valence-electron chi connectivity index (χ0n) is 8.10. The molecule has 0 radical (unpaired) electrons. The van der Waals surface area contributed by atoms with E-state index >= 15 is 0 Å². The molecule has 1 atom stereocenters. The third kappa shape index (κ3) is 3.27. The smallest absolute Gasteiger partial charge is 0.233 e. The van der Waals surface area contributed by atoms with Crippen molar-refractivity contribution in [2.24, 2.45) is 0 Å². The first-order valence-corrected chi connectivity index (χ1v) is 5.49. The topological polar surface area (TPSA) is 38.3 Å². The van der Waals surface area contributed by atoms with E-state index in [2.05, 4.69) is 28.2 Å². The van der Waals surface area contributed by atoms with Crippen LogP contribution < -0.4 is 5.32 Å². The fourth-order valence-electron chi connectivity index (χ4n) is 1.34. The molecule has 1 heterocycles. The summed E-state index contributed by atoms with van der Waals surface area (Å²) >= 11 is 3.25. The van der Waals surface area contributed by atoms with E-state index < -0.39 is 0 Å². The molecule has 1 N–H and O–H groups in total. The zero-order chi connectivity index (χ0) is 9.90. The van der Waals surface area contributed by atoms with Crippen molar-refractivity contribution in [3.05, 3.63) is 0 Å². The first kappa shape index (κ1) is 11.0. The highest BCUT2D eigenvalue weighted by atomic mass is 79.9. The average Bonchev–Trinajstić information content (AvgIpc) is 2.04.